The number of nitrogens with zero attached hydrogens (tertiary/aromatic N) is 1. The van der Waals surface area contributed by atoms with Gasteiger partial charge in [0.15, 0.2) is 0 Å². The Morgan fingerprint density at radius 2 is 2.00 bits per heavy atom. The Morgan fingerprint density at radius 1 is 1.29 bits per heavy atom. The number of benzene rings is 1. The minimum absolute atomic E-state index is 0.00245. The number of aryl methyl sites for hydroxylation is 1. The summed E-state index contributed by atoms with van der Waals surface area (Å²) in [6, 6.07) is 2.88. The summed E-state index contributed by atoms with van der Waals surface area (Å²) in [5.41, 5.74) is 1.81. The van der Waals surface area contributed by atoms with Crippen LogP contribution in [-0.2, 0) is 12.8 Å². The van der Waals surface area contributed by atoms with Gasteiger partial charge in [-0.2, -0.15) is 0 Å². The minimum Gasteiger partial charge on any atom is -0.508 e. The van der Waals surface area contributed by atoms with Gasteiger partial charge >= 0.3 is 0 Å². The average molecular weight is 193 g/mol. The topological polar surface area (TPSA) is 63.4 Å². The molecule has 0 saturated carbocycles. The van der Waals surface area contributed by atoms with E-state index in [2.05, 4.69) is 0 Å². The van der Waals surface area contributed by atoms with E-state index in [9.17, 15) is 15.2 Å². The molecule has 74 valence electrons. The Bertz CT molecular complexity index is 387. The lowest BCUT2D eigenvalue weighted by atomic mass is 9.90. The molecule has 1 aliphatic rings. The highest BCUT2D eigenvalue weighted by molar-refractivity contribution is 5.51. The van der Waals surface area contributed by atoms with Gasteiger partial charge in [0.1, 0.15) is 5.75 Å². The van der Waals surface area contributed by atoms with Gasteiger partial charge in [0.2, 0.25) is 0 Å². The van der Waals surface area contributed by atoms with Crippen molar-refractivity contribution in [1.29, 1.82) is 0 Å². The smallest absolute Gasteiger partial charge is 0.276 e. The van der Waals surface area contributed by atoms with Crippen LogP contribution >= 0.6 is 0 Å². The van der Waals surface area contributed by atoms with Crippen LogP contribution in [0.1, 0.15) is 24.0 Å². The first-order valence-electron chi connectivity index (χ1n) is 4.67. The van der Waals surface area contributed by atoms with Crippen molar-refractivity contribution in [3.05, 3.63) is 33.4 Å². The van der Waals surface area contributed by atoms with Gasteiger partial charge in [0.25, 0.3) is 5.69 Å². The summed E-state index contributed by atoms with van der Waals surface area (Å²) in [4.78, 5) is 10.3. The third-order valence-corrected chi connectivity index (χ3v) is 2.62. The normalized spacial score (nSPS) is 14.9. The van der Waals surface area contributed by atoms with Gasteiger partial charge in [-0.15, -0.1) is 0 Å². The largest absolute Gasteiger partial charge is 0.508 e. The molecule has 4 heteroatoms. The molecule has 2 rings (SSSR count). The maximum absolute atomic E-state index is 10.7. The van der Waals surface area contributed by atoms with Crippen molar-refractivity contribution in [3.8, 4) is 5.75 Å². The molecule has 1 N–H and O–H groups in total. The number of phenols is 1. The second kappa shape index (κ2) is 3.29. The molecule has 1 aliphatic carbocycles. The van der Waals surface area contributed by atoms with Gasteiger partial charge in [-0.05, 0) is 37.3 Å². The summed E-state index contributed by atoms with van der Waals surface area (Å²) in [5.74, 6) is -0.00245. The highest BCUT2D eigenvalue weighted by atomic mass is 16.6. The van der Waals surface area contributed by atoms with E-state index < -0.39 is 4.92 Å². The van der Waals surface area contributed by atoms with Crippen LogP contribution in [0.5, 0.6) is 5.75 Å². The highest BCUT2D eigenvalue weighted by Crippen LogP contribution is 2.33. The Hall–Kier alpha value is -1.58. The molecule has 14 heavy (non-hydrogen) atoms. The van der Waals surface area contributed by atoms with E-state index in [1.165, 1.54) is 6.07 Å². The van der Waals surface area contributed by atoms with Crippen LogP contribution in [0.3, 0.4) is 0 Å². The first-order chi connectivity index (χ1) is 6.68. The van der Waals surface area contributed by atoms with Crippen molar-refractivity contribution in [2.45, 2.75) is 25.7 Å². The zero-order chi connectivity index (χ0) is 10.1. The van der Waals surface area contributed by atoms with Crippen molar-refractivity contribution in [3.63, 3.8) is 0 Å². The highest BCUT2D eigenvalue weighted by Gasteiger charge is 2.21. The molecule has 0 aromatic heterocycles. The number of aromatic hydroxyl groups is 1. The van der Waals surface area contributed by atoms with Crippen LogP contribution in [0.25, 0.3) is 0 Å². The number of rotatable bonds is 1. The Kier molecular flexibility index (Phi) is 2.11. The van der Waals surface area contributed by atoms with E-state index in [1.54, 1.807) is 6.07 Å². The van der Waals surface area contributed by atoms with E-state index in [1.807, 2.05) is 0 Å². The predicted molar refractivity (Wildman–Crippen MR) is 51.4 cm³/mol. The van der Waals surface area contributed by atoms with Gasteiger partial charge in [0.05, 0.1) is 11.0 Å². The maximum Gasteiger partial charge on any atom is 0.276 e. The minimum atomic E-state index is -0.413. The van der Waals surface area contributed by atoms with Crippen LogP contribution in [0, 0.1) is 10.1 Å². The zero-order valence-electron chi connectivity index (χ0n) is 7.69. The van der Waals surface area contributed by atoms with E-state index in [0.717, 1.165) is 36.8 Å². The quantitative estimate of drug-likeness (QED) is 0.549. The van der Waals surface area contributed by atoms with Crippen LogP contribution in [-0.4, -0.2) is 10.0 Å². The van der Waals surface area contributed by atoms with Gasteiger partial charge < -0.3 is 5.11 Å². The predicted octanol–water partition coefficient (Wildman–Crippen LogP) is 2.18. The molecule has 0 atom stereocenters. The summed E-state index contributed by atoms with van der Waals surface area (Å²) in [6.45, 7) is 0. The van der Waals surface area contributed by atoms with Crippen LogP contribution in [0.15, 0.2) is 12.1 Å². The lowest BCUT2D eigenvalue weighted by molar-refractivity contribution is -0.385. The number of fused-ring (bicyclic) bond motifs is 1. The lowest BCUT2D eigenvalue weighted by Gasteiger charge is -2.15. The molecule has 0 heterocycles. The summed E-state index contributed by atoms with van der Waals surface area (Å²) < 4.78 is 0. The molecule has 1 aromatic carbocycles. The van der Waals surface area contributed by atoms with E-state index in [4.69, 9.17) is 0 Å². The maximum atomic E-state index is 10.7. The first kappa shape index (κ1) is 8.99. The van der Waals surface area contributed by atoms with Crippen molar-refractivity contribution < 1.29 is 10.0 Å². The third-order valence-electron chi connectivity index (χ3n) is 2.62. The fourth-order valence-corrected chi connectivity index (χ4v) is 1.99. The van der Waals surface area contributed by atoms with Crippen molar-refractivity contribution in [2.75, 3.05) is 0 Å². The van der Waals surface area contributed by atoms with Crippen molar-refractivity contribution in [2.24, 2.45) is 0 Å². The summed E-state index contributed by atoms with van der Waals surface area (Å²) in [5, 5.41) is 20.0. The van der Waals surface area contributed by atoms with E-state index >= 15 is 0 Å². The number of phenolic OH excluding ortho intramolecular Hbond substituents is 1. The summed E-state index contributed by atoms with van der Waals surface area (Å²) in [7, 11) is 0. The van der Waals surface area contributed by atoms with Crippen molar-refractivity contribution >= 4 is 5.69 Å². The molecular weight excluding hydrogens is 182 g/mol. The molecular formula is C10H11NO3. The van der Waals surface area contributed by atoms with Gasteiger partial charge in [0, 0.05) is 5.56 Å². The van der Waals surface area contributed by atoms with Crippen molar-refractivity contribution in [1.82, 2.24) is 0 Å². The Morgan fingerprint density at radius 3 is 2.71 bits per heavy atom. The molecule has 0 bridgehead atoms. The standard InChI is InChI=1S/C10H11NO3/c12-8-5-7-3-1-2-4-9(7)10(6-8)11(13)14/h5-6,12H,1-4H2. The number of hydrogen-bond acceptors (Lipinski definition) is 3. The van der Waals surface area contributed by atoms with Crippen LogP contribution < -0.4 is 0 Å². The van der Waals surface area contributed by atoms with E-state index in [-0.39, 0.29) is 11.4 Å². The fraction of sp³-hybridized carbons (Fsp3) is 0.400. The second-order valence-corrected chi connectivity index (χ2v) is 3.57. The molecule has 1 aromatic rings. The van der Waals surface area contributed by atoms with Crippen LogP contribution in [0.4, 0.5) is 5.69 Å². The number of hydrogen-bond donors (Lipinski definition) is 1. The lowest BCUT2D eigenvalue weighted by Crippen LogP contribution is -2.06. The molecule has 0 saturated heterocycles. The summed E-state index contributed by atoms with van der Waals surface area (Å²) >= 11 is 0. The first-order valence-corrected chi connectivity index (χ1v) is 4.67. The van der Waals surface area contributed by atoms with Crippen LogP contribution in [0.2, 0.25) is 0 Å². The Balaban J connectivity index is 2.58. The van der Waals surface area contributed by atoms with Gasteiger partial charge in [-0.25, -0.2) is 0 Å². The summed E-state index contributed by atoms with van der Waals surface area (Å²) in [6.07, 6.45) is 3.64. The fourth-order valence-electron chi connectivity index (χ4n) is 1.99. The van der Waals surface area contributed by atoms with E-state index in [0.29, 0.717) is 0 Å². The second-order valence-electron chi connectivity index (χ2n) is 3.57. The molecule has 0 amide bonds. The zero-order valence-corrected chi connectivity index (χ0v) is 7.69. The molecule has 0 unspecified atom stereocenters. The monoisotopic (exact) mass is 193 g/mol. The molecule has 0 fully saturated rings. The third kappa shape index (κ3) is 1.43. The number of nitro benzene ring substituents is 1. The van der Waals surface area contributed by atoms with Gasteiger partial charge in [-0.3, -0.25) is 10.1 Å². The van der Waals surface area contributed by atoms with Gasteiger partial charge in [-0.1, -0.05) is 0 Å². The SMILES string of the molecule is O=[N+]([O-])c1cc(O)cc2c1CCCC2. The molecule has 0 aliphatic heterocycles. The molecule has 0 radical (unpaired) electrons. The number of nitro groups is 1. The Labute approximate surface area is 81.3 Å². The molecule has 0 spiro atoms. The molecule has 4 nitrogen and oxygen atoms in total. The average Bonchev–Trinajstić information content (AvgIpc) is 2.16.